The molecule has 2 fully saturated rings. The number of benzene rings is 1. The Balaban J connectivity index is 1.87. The molecule has 2 aromatic rings. The minimum atomic E-state index is -0.728. The molecule has 1 aromatic heterocycles. The topological polar surface area (TPSA) is 70.5 Å². The third-order valence-corrected chi connectivity index (χ3v) is 6.35. The molecule has 4 rings (SSSR count). The van der Waals surface area contributed by atoms with Crippen molar-refractivity contribution in [2.24, 2.45) is 0 Å². The Morgan fingerprint density at radius 3 is 2.45 bits per heavy atom. The molecule has 1 aliphatic heterocycles. The fraction of sp³-hybridized carbons (Fsp3) is 0.318. The average molecular weight is 431 g/mol. The van der Waals surface area contributed by atoms with E-state index in [0.717, 1.165) is 32.1 Å². The first-order valence-electron chi connectivity index (χ1n) is 9.65. The number of pyridine rings is 1. The number of carbonyl (C=O) groups excluding carboxylic acids is 2. The molecule has 1 unspecified atom stereocenters. The largest absolute Gasteiger partial charge is 0.507 e. The predicted octanol–water partition coefficient (Wildman–Crippen LogP) is 5.14. The highest BCUT2D eigenvalue weighted by Gasteiger charge is 2.49. The van der Waals surface area contributed by atoms with E-state index in [9.17, 15) is 14.7 Å². The van der Waals surface area contributed by atoms with Crippen LogP contribution in [0.25, 0.3) is 5.76 Å². The van der Waals surface area contributed by atoms with Crippen LogP contribution in [0.3, 0.4) is 0 Å². The van der Waals surface area contributed by atoms with Crippen molar-refractivity contribution in [1.29, 1.82) is 0 Å². The van der Waals surface area contributed by atoms with Gasteiger partial charge in [0.25, 0.3) is 11.7 Å². The van der Waals surface area contributed by atoms with Gasteiger partial charge in [0.05, 0.1) is 21.3 Å². The molecule has 1 aliphatic carbocycles. The van der Waals surface area contributed by atoms with Crippen molar-refractivity contribution in [2.45, 2.75) is 44.2 Å². The third-order valence-electron chi connectivity index (χ3n) is 5.61. The van der Waals surface area contributed by atoms with Crippen molar-refractivity contribution in [1.82, 2.24) is 9.88 Å². The molecule has 29 heavy (non-hydrogen) atoms. The normalized spacial score (nSPS) is 22.3. The Morgan fingerprint density at radius 1 is 1.03 bits per heavy atom. The van der Waals surface area contributed by atoms with Crippen LogP contribution in [0.1, 0.15) is 49.4 Å². The van der Waals surface area contributed by atoms with E-state index in [0.29, 0.717) is 16.3 Å². The second kappa shape index (κ2) is 8.17. The van der Waals surface area contributed by atoms with Crippen molar-refractivity contribution in [3.63, 3.8) is 0 Å². The summed E-state index contributed by atoms with van der Waals surface area (Å²) in [6, 6.07) is 9.19. The summed E-state index contributed by atoms with van der Waals surface area (Å²) in [6.07, 6.45) is 6.44. The fourth-order valence-corrected chi connectivity index (χ4v) is 4.51. The number of aromatic nitrogens is 1. The van der Waals surface area contributed by atoms with Crippen molar-refractivity contribution in [2.75, 3.05) is 0 Å². The average Bonchev–Trinajstić information content (AvgIpc) is 3.01. The summed E-state index contributed by atoms with van der Waals surface area (Å²) < 4.78 is 0. The highest BCUT2D eigenvalue weighted by Crippen LogP contribution is 2.42. The summed E-state index contributed by atoms with van der Waals surface area (Å²) in [7, 11) is 0. The molecule has 1 aromatic carbocycles. The van der Waals surface area contributed by atoms with Gasteiger partial charge in [0.1, 0.15) is 11.8 Å². The molecular formula is C22H20Cl2N2O3. The summed E-state index contributed by atoms with van der Waals surface area (Å²) in [6.45, 7) is 0. The molecule has 1 N–H and O–H groups in total. The number of aliphatic hydroxyl groups excluding tert-OH is 1. The molecule has 1 saturated heterocycles. The number of aliphatic hydroxyl groups is 1. The zero-order valence-corrected chi connectivity index (χ0v) is 17.2. The van der Waals surface area contributed by atoms with E-state index in [1.165, 1.54) is 6.07 Å². The van der Waals surface area contributed by atoms with Gasteiger partial charge in [-0.15, -0.1) is 0 Å². The van der Waals surface area contributed by atoms with Crippen LogP contribution >= 0.6 is 23.2 Å². The Hall–Kier alpha value is -2.37. The monoisotopic (exact) mass is 430 g/mol. The highest BCUT2D eigenvalue weighted by molar-refractivity contribution is 6.47. The molecular weight excluding hydrogens is 411 g/mol. The number of amides is 1. The van der Waals surface area contributed by atoms with Gasteiger partial charge in [0.2, 0.25) is 0 Å². The van der Waals surface area contributed by atoms with Crippen LogP contribution in [-0.2, 0) is 9.59 Å². The number of hydrogen-bond acceptors (Lipinski definition) is 4. The predicted molar refractivity (Wildman–Crippen MR) is 112 cm³/mol. The van der Waals surface area contributed by atoms with Crippen molar-refractivity contribution < 1.29 is 14.7 Å². The Bertz CT molecular complexity index is 985. The minimum absolute atomic E-state index is 0.0395. The maximum atomic E-state index is 13.0. The quantitative estimate of drug-likeness (QED) is 0.415. The van der Waals surface area contributed by atoms with Crippen LogP contribution in [0.15, 0.2) is 48.2 Å². The lowest BCUT2D eigenvalue weighted by molar-refractivity contribution is -0.141. The van der Waals surface area contributed by atoms with Crippen LogP contribution in [0.4, 0.5) is 0 Å². The lowest BCUT2D eigenvalue weighted by Crippen LogP contribution is -2.40. The Morgan fingerprint density at radius 2 is 1.79 bits per heavy atom. The molecule has 0 radical (unpaired) electrons. The van der Waals surface area contributed by atoms with E-state index >= 15 is 0 Å². The lowest BCUT2D eigenvalue weighted by atomic mass is 9.92. The number of ketones is 1. The number of rotatable bonds is 3. The van der Waals surface area contributed by atoms with Gasteiger partial charge in [-0.1, -0.05) is 48.5 Å². The summed E-state index contributed by atoms with van der Waals surface area (Å²) in [5.41, 5.74) is 0.929. The van der Waals surface area contributed by atoms with E-state index in [-0.39, 0.29) is 22.4 Å². The smallest absolute Gasteiger partial charge is 0.295 e. The number of nitrogens with zero attached hydrogens (tertiary/aromatic N) is 2. The third kappa shape index (κ3) is 3.65. The zero-order valence-electron chi connectivity index (χ0n) is 15.6. The summed E-state index contributed by atoms with van der Waals surface area (Å²) in [5.74, 6) is -1.56. The first kappa shape index (κ1) is 19.9. The van der Waals surface area contributed by atoms with Gasteiger partial charge in [-0.25, -0.2) is 0 Å². The van der Waals surface area contributed by atoms with Gasteiger partial charge in [-0.3, -0.25) is 14.6 Å². The Labute approximate surface area is 179 Å². The lowest BCUT2D eigenvalue weighted by Gasteiger charge is -2.35. The van der Waals surface area contributed by atoms with Gasteiger partial charge in [-0.05, 0) is 43.2 Å². The fourth-order valence-electron chi connectivity index (χ4n) is 4.21. The molecule has 1 saturated carbocycles. The van der Waals surface area contributed by atoms with Crippen molar-refractivity contribution in [3.05, 3.63) is 69.5 Å². The van der Waals surface area contributed by atoms with Crippen LogP contribution < -0.4 is 0 Å². The van der Waals surface area contributed by atoms with Crippen LogP contribution in [0.5, 0.6) is 0 Å². The van der Waals surface area contributed by atoms with E-state index in [1.54, 1.807) is 35.4 Å². The van der Waals surface area contributed by atoms with Gasteiger partial charge in [0, 0.05) is 17.8 Å². The maximum absolute atomic E-state index is 13.0. The van der Waals surface area contributed by atoms with Gasteiger partial charge < -0.3 is 10.0 Å². The minimum Gasteiger partial charge on any atom is -0.507 e. The highest BCUT2D eigenvalue weighted by atomic mass is 35.5. The second-order valence-corrected chi connectivity index (χ2v) is 8.20. The van der Waals surface area contributed by atoms with Gasteiger partial charge >= 0.3 is 0 Å². The summed E-state index contributed by atoms with van der Waals surface area (Å²) >= 11 is 12.1. The van der Waals surface area contributed by atoms with Crippen molar-refractivity contribution >= 4 is 40.7 Å². The summed E-state index contributed by atoms with van der Waals surface area (Å²) in [5, 5.41) is 11.6. The molecule has 2 heterocycles. The van der Waals surface area contributed by atoms with E-state index < -0.39 is 17.7 Å². The molecule has 7 heteroatoms. The molecule has 150 valence electrons. The summed E-state index contributed by atoms with van der Waals surface area (Å²) in [4.78, 5) is 32.0. The van der Waals surface area contributed by atoms with E-state index in [2.05, 4.69) is 4.98 Å². The number of Topliss-reactive ketones (excluding diaryl/α,β-unsaturated/α-hetero) is 1. The SMILES string of the molecule is O=C1C(=O)N(C2CCCCC2)C(c2ccccn2)/C1=C(/O)c1ccc(Cl)c(Cl)c1. The van der Waals surface area contributed by atoms with Gasteiger partial charge in [-0.2, -0.15) is 0 Å². The van der Waals surface area contributed by atoms with E-state index in [4.69, 9.17) is 23.2 Å². The van der Waals surface area contributed by atoms with Crippen LogP contribution in [0, 0.1) is 0 Å². The molecule has 2 aliphatic rings. The first-order valence-corrected chi connectivity index (χ1v) is 10.4. The molecule has 0 spiro atoms. The van der Waals surface area contributed by atoms with Crippen molar-refractivity contribution in [3.8, 4) is 0 Å². The second-order valence-electron chi connectivity index (χ2n) is 7.38. The number of carbonyl (C=O) groups is 2. The zero-order chi connectivity index (χ0) is 20.5. The maximum Gasteiger partial charge on any atom is 0.295 e. The standard InChI is InChI=1S/C22H20Cl2N2O3/c23-15-10-9-13(12-16(15)24)20(27)18-19(17-8-4-5-11-25-17)26(22(29)21(18)28)14-6-2-1-3-7-14/h4-5,8-12,14,19,27H,1-3,6-7H2/b20-18-. The van der Waals surface area contributed by atoms with Crippen LogP contribution in [-0.4, -0.2) is 32.7 Å². The number of likely N-dealkylation sites (tertiary alicyclic amines) is 1. The van der Waals surface area contributed by atoms with E-state index in [1.807, 2.05) is 6.07 Å². The molecule has 1 amide bonds. The number of hydrogen-bond donors (Lipinski definition) is 1. The molecule has 0 bridgehead atoms. The first-order chi connectivity index (χ1) is 14.0. The Kier molecular flexibility index (Phi) is 5.61. The molecule has 1 atom stereocenters. The van der Waals surface area contributed by atoms with Crippen LogP contribution in [0.2, 0.25) is 10.0 Å². The molecule has 5 nitrogen and oxygen atoms in total. The van der Waals surface area contributed by atoms with Gasteiger partial charge in [0.15, 0.2) is 0 Å². The number of halogens is 2.